The Kier molecular flexibility index (Phi) is 5.16. The van der Waals surface area contributed by atoms with Gasteiger partial charge in [-0.25, -0.2) is 0 Å². The zero-order valence-corrected chi connectivity index (χ0v) is 10.4. The van der Waals surface area contributed by atoms with Crippen LogP contribution in [0.15, 0.2) is 18.2 Å². The smallest absolute Gasteiger partial charge is 0.441 e. The van der Waals surface area contributed by atoms with Crippen molar-refractivity contribution in [2.45, 2.75) is 5.51 Å². The van der Waals surface area contributed by atoms with Crippen molar-refractivity contribution in [1.82, 2.24) is 0 Å². The van der Waals surface area contributed by atoms with E-state index in [2.05, 4.69) is 5.32 Å². The molecule has 0 radical (unpaired) electrons. The normalized spacial score (nSPS) is 10.8. The van der Waals surface area contributed by atoms with Crippen LogP contribution in [0, 0.1) is 11.3 Å². The molecule has 1 aromatic carbocycles. The summed E-state index contributed by atoms with van der Waals surface area (Å²) in [7, 11) is 1.44. The van der Waals surface area contributed by atoms with E-state index in [4.69, 9.17) is 10.00 Å². The van der Waals surface area contributed by atoms with Gasteiger partial charge in [-0.15, -0.1) is 0 Å². The molecule has 0 aliphatic carbocycles. The van der Waals surface area contributed by atoms with Crippen molar-refractivity contribution in [3.05, 3.63) is 23.8 Å². The molecule has 98 valence electrons. The minimum absolute atomic E-state index is 0.0817. The fourth-order valence-electron chi connectivity index (χ4n) is 1.26. The number of benzene rings is 1. The van der Waals surface area contributed by atoms with Gasteiger partial charge in [-0.05, 0) is 23.9 Å². The van der Waals surface area contributed by atoms with Gasteiger partial charge < -0.3 is 10.1 Å². The number of hydrogen-bond acceptors (Lipinski definition) is 4. The second-order valence-electron chi connectivity index (χ2n) is 3.25. The molecule has 0 amide bonds. The highest BCUT2D eigenvalue weighted by Gasteiger charge is 2.27. The van der Waals surface area contributed by atoms with E-state index >= 15 is 0 Å². The largest absolute Gasteiger partial charge is 0.495 e. The quantitative estimate of drug-likeness (QED) is 0.839. The molecule has 0 saturated heterocycles. The van der Waals surface area contributed by atoms with Crippen molar-refractivity contribution in [3.8, 4) is 11.8 Å². The Morgan fingerprint density at radius 2 is 2.17 bits per heavy atom. The molecule has 1 N–H and O–H groups in total. The van der Waals surface area contributed by atoms with Gasteiger partial charge in [0.1, 0.15) is 5.75 Å². The van der Waals surface area contributed by atoms with E-state index in [0.717, 1.165) is 0 Å². The summed E-state index contributed by atoms with van der Waals surface area (Å²) in [5, 5.41) is 11.5. The third-order valence-corrected chi connectivity index (χ3v) is 2.75. The molecular weight excluding hydrogens is 265 g/mol. The SMILES string of the molecule is COc1cc(C#N)ccc1NCCSC(F)(F)F. The maximum atomic E-state index is 11.9. The summed E-state index contributed by atoms with van der Waals surface area (Å²) in [5.74, 6) is 0.346. The van der Waals surface area contributed by atoms with Gasteiger partial charge in [0.05, 0.1) is 24.4 Å². The lowest BCUT2D eigenvalue weighted by Crippen LogP contribution is -2.10. The molecule has 0 heterocycles. The van der Waals surface area contributed by atoms with Crippen molar-refractivity contribution >= 4 is 17.4 Å². The number of alkyl halides is 3. The summed E-state index contributed by atoms with van der Waals surface area (Å²) in [5.41, 5.74) is -3.21. The molecule has 0 fully saturated rings. The molecule has 0 unspecified atom stereocenters. The number of anilines is 1. The molecule has 1 rings (SSSR count). The van der Waals surface area contributed by atoms with Gasteiger partial charge in [-0.3, -0.25) is 0 Å². The number of halogens is 3. The van der Waals surface area contributed by atoms with E-state index in [1.807, 2.05) is 6.07 Å². The van der Waals surface area contributed by atoms with Crippen LogP contribution in [0.3, 0.4) is 0 Å². The minimum Gasteiger partial charge on any atom is -0.495 e. The average molecular weight is 276 g/mol. The first-order chi connectivity index (χ1) is 8.46. The molecule has 0 bridgehead atoms. The number of ether oxygens (including phenoxy) is 1. The molecule has 0 spiro atoms. The highest BCUT2D eigenvalue weighted by atomic mass is 32.2. The highest BCUT2D eigenvalue weighted by Crippen LogP contribution is 2.30. The predicted octanol–water partition coefficient (Wildman–Crippen LogP) is 3.23. The summed E-state index contributed by atoms with van der Waals surface area (Å²) >= 11 is -0.0817. The first kappa shape index (κ1) is 14.5. The molecule has 0 aliphatic heterocycles. The third-order valence-electron chi connectivity index (χ3n) is 2.01. The second-order valence-corrected chi connectivity index (χ2v) is 4.41. The van der Waals surface area contributed by atoms with Crippen LogP contribution in [-0.4, -0.2) is 24.9 Å². The molecule has 3 nitrogen and oxygen atoms in total. The summed E-state index contributed by atoms with van der Waals surface area (Å²) in [6.45, 7) is 0.159. The lowest BCUT2D eigenvalue weighted by Gasteiger charge is -2.11. The minimum atomic E-state index is -4.21. The van der Waals surface area contributed by atoms with Gasteiger partial charge in [0.15, 0.2) is 0 Å². The molecule has 0 aliphatic rings. The summed E-state index contributed by atoms with van der Waals surface area (Å²) in [6.07, 6.45) is 0. The zero-order chi connectivity index (χ0) is 13.6. The maximum absolute atomic E-state index is 11.9. The number of rotatable bonds is 5. The van der Waals surface area contributed by atoms with Gasteiger partial charge in [0.25, 0.3) is 0 Å². The summed E-state index contributed by atoms with van der Waals surface area (Å²) in [6, 6.07) is 6.66. The van der Waals surface area contributed by atoms with E-state index in [0.29, 0.717) is 17.0 Å². The van der Waals surface area contributed by atoms with Gasteiger partial charge in [0.2, 0.25) is 0 Å². The van der Waals surface area contributed by atoms with Crippen molar-refractivity contribution in [1.29, 1.82) is 5.26 Å². The first-order valence-corrected chi connectivity index (χ1v) is 5.97. The van der Waals surface area contributed by atoms with E-state index < -0.39 is 5.51 Å². The monoisotopic (exact) mass is 276 g/mol. The van der Waals surface area contributed by atoms with Crippen LogP contribution in [0.1, 0.15) is 5.56 Å². The average Bonchev–Trinajstić information content (AvgIpc) is 2.33. The summed E-state index contributed by atoms with van der Waals surface area (Å²) < 4.78 is 40.7. The van der Waals surface area contributed by atoms with Gasteiger partial charge in [0, 0.05) is 18.4 Å². The van der Waals surface area contributed by atoms with E-state index in [9.17, 15) is 13.2 Å². The Bertz CT molecular complexity index is 443. The van der Waals surface area contributed by atoms with E-state index in [-0.39, 0.29) is 24.1 Å². The molecule has 1 aromatic rings. The van der Waals surface area contributed by atoms with Crippen LogP contribution in [0.2, 0.25) is 0 Å². The molecule has 0 saturated carbocycles. The fraction of sp³-hybridized carbons (Fsp3) is 0.364. The first-order valence-electron chi connectivity index (χ1n) is 4.99. The van der Waals surface area contributed by atoms with Crippen molar-refractivity contribution in [2.24, 2.45) is 0 Å². The van der Waals surface area contributed by atoms with Crippen LogP contribution in [-0.2, 0) is 0 Å². The Labute approximate surface area is 107 Å². The Hall–Kier alpha value is -1.55. The van der Waals surface area contributed by atoms with Gasteiger partial charge >= 0.3 is 5.51 Å². The predicted molar refractivity (Wildman–Crippen MR) is 64.7 cm³/mol. The number of hydrogen-bond donors (Lipinski definition) is 1. The number of nitrogens with zero attached hydrogens (tertiary/aromatic N) is 1. The highest BCUT2D eigenvalue weighted by molar-refractivity contribution is 8.00. The van der Waals surface area contributed by atoms with Crippen molar-refractivity contribution < 1.29 is 17.9 Å². The van der Waals surface area contributed by atoms with E-state index in [1.54, 1.807) is 12.1 Å². The van der Waals surface area contributed by atoms with Crippen molar-refractivity contribution in [3.63, 3.8) is 0 Å². The molecular formula is C11H11F3N2OS. The Morgan fingerprint density at radius 3 is 2.72 bits per heavy atom. The zero-order valence-electron chi connectivity index (χ0n) is 9.54. The number of methoxy groups -OCH3 is 1. The van der Waals surface area contributed by atoms with Gasteiger partial charge in [-0.1, -0.05) is 0 Å². The summed E-state index contributed by atoms with van der Waals surface area (Å²) in [4.78, 5) is 0. The lowest BCUT2D eigenvalue weighted by molar-refractivity contribution is -0.0327. The fourth-order valence-corrected chi connectivity index (χ4v) is 1.69. The van der Waals surface area contributed by atoms with E-state index in [1.165, 1.54) is 13.2 Å². The Morgan fingerprint density at radius 1 is 1.44 bits per heavy atom. The van der Waals surface area contributed by atoms with Crippen LogP contribution >= 0.6 is 11.8 Å². The van der Waals surface area contributed by atoms with Crippen LogP contribution < -0.4 is 10.1 Å². The maximum Gasteiger partial charge on any atom is 0.441 e. The number of nitriles is 1. The van der Waals surface area contributed by atoms with Crippen LogP contribution in [0.5, 0.6) is 5.75 Å². The third kappa shape index (κ3) is 4.75. The molecule has 0 aromatic heterocycles. The molecule has 7 heteroatoms. The van der Waals surface area contributed by atoms with Crippen LogP contribution in [0.25, 0.3) is 0 Å². The van der Waals surface area contributed by atoms with Crippen LogP contribution in [0.4, 0.5) is 18.9 Å². The second kappa shape index (κ2) is 6.40. The molecule has 18 heavy (non-hydrogen) atoms. The Balaban J connectivity index is 2.55. The topological polar surface area (TPSA) is 45.0 Å². The number of nitrogens with one attached hydrogen (secondary N) is 1. The standard InChI is InChI=1S/C11H11F3N2OS/c1-17-10-6-8(7-15)2-3-9(10)16-4-5-18-11(12,13)14/h2-3,6,16H,4-5H2,1H3. The van der Waals surface area contributed by atoms with Crippen molar-refractivity contribution in [2.75, 3.05) is 24.7 Å². The lowest BCUT2D eigenvalue weighted by atomic mass is 10.2. The number of thioether (sulfide) groups is 1. The molecule has 0 atom stereocenters. The van der Waals surface area contributed by atoms with Gasteiger partial charge in [-0.2, -0.15) is 18.4 Å².